The number of carbonyl (C=O) groups is 1. The Kier molecular flexibility index (Phi) is 4.80. The van der Waals surface area contributed by atoms with Crippen molar-refractivity contribution in [3.8, 4) is 11.1 Å². The molecule has 0 aromatic heterocycles. The molecule has 0 bridgehead atoms. The van der Waals surface area contributed by atoms with E-state index in [-0.39, 0.29) is 36.7 Å². The Hall–Kier alpha value is -1.64. The van der Waals surface area contributed by atoms with Gasteiger partial charge in [-0.2, -0.15) is 0 Å². The minimum Gasteiger partial charge on any atom is -0.448 e. The van der Waals surface area contributed by atoms with Crippen LogP contribution in [-0.2, 0) is 9.47 Å². The van der Waals surface area contributed by atoms with E-state index >= 15 is 0 Å². The van der Waals surface area contributed by atoms with E-state index in [0.717, 1.165) is 4.43 Å². The zero-order valence-corrected chi connectivity index (χ0v) is 17.5. The average molecular weight is 491 g/mol. The van der Waals surface area contributed by atoms with Gasteiger partial charge in [0.1, 0.15) is 12.7 Å². The summed E-state index contributed by atoms with van der Waals surface area (Å²) in [5, 5.41) is 10.3. The van der Waals surface area contributed by atoms with Crippen LogP contribution in [0.5, 0.6) is 0 Å². The lowest BCUT2D eigenvalue weighted by atomic mass is 9.98. The topological polar surface area (TPSA) is 59.0 Å². The minimum absolute atomic E-state index is 0.0415. The highest BCUT2D eigenvalue weighted by Gasteiger charge is 2.52. The van der Waals surface area contributed by atoms with Crippen molar-refractivity contribution in [2.24, 2.45) is 5.92 Å². The lowest BCUT2D eigenvalue weighted by Gasteiger charge is -2.25. The first-order valence-corrected chi connectivity index (χ1v) is 11.2. The smallest absolute Gasteiger partial charge is 0.410 e. The van der Waals surface area contributed by atoms with Crippen LogP contribution < -0.4 is 0 Å². The first kappa shape index (κ1) is 18.4. The molecule has 146 valence electrons. The van der Waals surface area contributed by atoms with Crippen LogP contribution in [0.4, 0.5) is 4.79 Å². The van der Waals surface area contributed by atoms with E-state index in [1.807, 2.05) is 24.3 Å². The van der Waals surface area contributed by atoms with Crippen LogP contribution in [0.3, 0.4) is 0 Å². The average Bonchev–Trinajstić information content (AvgIpc) is 3.38. The maximum atomic E-state index is 12.9. The molecule has 28 heavy (non-hydrogen) atoms. The molecule has 2 aromatic rings. The van der Waals surface area contributed by atoms with Gasteiger partial charge in [-0.1, -0.05) is 71.1 Å². The number of halogens is 1. The molecule has 2 aromatic carbocycles. The summed E-state index contributed by atoms with van der Waals surface area (Å²) in [7, 11) is 0. The third-order valence-electron chi connectivity index (χ3n) is 6.21. The first-order chi connectivity index (χ1) is 13.7. The Labute approximate surface area is 177 Å². The van der Waals surface area contributed by atoms with Crippen molar-refractivity contribution >= 4 is 28.7 Å². The van der Waals surface area contributed by atoms with Crippen molar-refractivity contribution in [1.29, 1.82) is 0 Å². The number of ether oxygens (including phenoxy) is 2. The molecule has 0 spiro atoms. The van der Waals surface area contributed by atoms with Crippen molar-refractivity contribution in [1.82, 2.24) is 4.90 Å². The first-order valence-electron chi connectivity index (χ1n) is 9.66. The Morgan fingerprint density at radius 3 is 2.43 bits per heavy atom. The molecular weight excluding hydrogens is 469 g/mol. The summed E-state index contributed by atoms with van der Waals surface area (Å²) < 4.78 is 12.4. The van der Waals surface area contributed by atoms with E-state index in [1.165, 1.54) is 22.3 Å². The quantitative estimate of drug-likeness (QED) is 0.528. The Balaban J connectivity index is 1.35. The van der Waals surface area contributed by atoms with Gasteiger partial charge in [-0.05, 0) is 22.3 Å². The highest BCUT2D eigenvalue weighted by molar-refractivity contribution is 14.1. The molecule has 1 N–H and O–H groups in total. The molecule has 6 heteroatoms. The molecule has 4 atom stereocenters. The molecule has 1 aliphatic carbocycles. The van der Waals surface area contributed by atoms with Crippen molar-refractivity contribution < 1.29 is 19.4 Å². The van der Waals surface area contributed by atoms with E-state index in [9.17, 15) is 9.90 Å². The highest BCUT2D eigenvalue weighted by atomic mass is 127. The van der Waals surface area contributed by atoms with Gasteiger partial charge in [0, 0.05) is 22.8 Å². The molecule has 0 saturated carbocycles. The molecule has 2 aliphatic heterocycles. The summed E-state index contributed by atoms with van der Waals surface area (Å²) >= 11 is 2.32. The standard InChI is InChI=1S/C22H22INO4/c23-9-13-10-24(20-19(25)12-27-21(13)20)22(26)28-11-18-16-7-3-1-5-14(16)15-6-2-4-8-17(15)18/h1-8,13,18-21,25H,9-12H2/t13-,19-,20+,21+/m0/s1. The summed E-state index contributed by atoms with van der Waals surface area (Å²) in [4.78, 5) is 14.6. The second kappa shape index (κ2) is 7.31. The predicted molar refractivity (Wildman–Crippen MR) is 114 cm³/mol. The van der Waals surface area contributed by atoms with Crippen LogP contribution in [0.15, 0.2) is 48.5 Å². The van der Waals surface area contributed by atoms with E-state index in [2.05, 4.69) is 46.9 Å². The van der Waals surface area contributed by atoms with Crippen molar-refractivity contribution in [2.45, 2.75) is 24.2 Å². The van der Waals surface area contributed by atoms with Gasteiger partial charge in [0.05, 0.1) is 18.8 Å². The Morgan fingerprint density at radius 1 is 1.14 bits per heavy atom. The Bertz CT molecular complexity index is 858. The van der Waals surface area contributed by atoms with Gasteiger partial charge in [0.25, 0.3) is 0 Å². The molecule has 2 fully saturated rings. The van der Waals surface area contributed by atoms with Crippen molar-refractivity contribution in [3.63, 3.8) is 0 Å². The minimum atomic E-state index is -0.640. The zero-order valence-electron chi connectivity index (χ0n) is 15.3. The third-order valence-corrected chi connectivity index (χ3v) is 7.35. The molecule has 2 heterocycles. The number of hydrogen-bond acceptors (Lipinski definition) is 4. The van der Waals surface area contributed by atoms with E-state index in [0.29, 0.717) is 13.2 Å². The van der Waals surface area contributed by atoms with Crippen LogP contribution in [0.2, 0.25) is 0 Å². The largest absolute Gasteiger partial charge is 0.448 e. The fraction of sp³-hybridized carbons (Fsp3) is 0.409. The second-order valence-corrected chi connectivity index (χ2v) is 8.61. The van der Waals surface area contributed by atoms with Gasteiger partial charge in [0.2, 0.25) is 0 Å². The zero-order chi connectivity index (χ0) is 19.3. The number of carbonyl (C=O) groups excluding carboxylic acids is 1. The van der Waals surface area contributed by atoms with Crippen molar-refractivity contribution in [2.75, 3.05) is 24.2 Å². The lowest BCUT2D eigenvalue weighted by molar-refractivity contribution is 0.0587. The molecule has 3 aliphatic rings. The maximum Gasteiger partial charge on any atom is 0.410 e. The number of rotatable bonds is 3. The van der Waals surface area contributed by atoms with Crippen LogP contribution in [0.1, 0.15) is 17.0 Å². The summed E-state index contributed by atoms with van der Waals surface area (Å²) in [5.41, 5.74) is 4.82. The van der Waals surface area contributed by atoms with Crippen LogP contribution in [-0.4, -0.2) is 58.5 Å². The maximum absolute atomic E-state index is 12.9. The van der Waals surface area contributed by atoms with Gasteiger partial charge >= 0.3 is 6.09 Å². The SMILES string of the molecule is O=C(OCC1c2ccccc2-c2ccccc21)N1C[C@H](CI)[C@H]2OC[C@H](O)[C@H]21. The van der Waals surface area contributed by atoms with Crippen molar-refractivity contribution in [3.05, 3.63) is 59.7 Å². The normalized spacial score (nSPS) is 28.1. The molecule has 2 saturated heterocycles. The monoisotopic (exact) mass is 491 g/mol. The molecule has 5 rings (SSSR count). The Morgan fingerprint density at radius 2 is 1.79 bits per heavy atom. The predicted octanol–water partition coefficient (Wildman–Crippen LogP) is 3.43. The molecule has 0 unspecified atom stereocenters. The van der Waals surface area contributed by atoms with E-state index in [4.69, 9.17) is 9.47 Å². The van der Waals surface area contributed by atoms with Crippen LogP contribution >= 0.6 is 22.6 Å². The number of likely N-dealkylation sites (tertiary alicyclic amines) is 1. The van der Waals surface area contributed by atoms with Gasteiger partial charge in [-0.3, -0.25) is 4.90 Å². The summed E-state index contributed by atoms with van der Waals surface area (Å²) in [6.07, 6.45) is -1.08. The van der Waals surface area contributed by atoms with Gasteiger partial charge in [0.15, 0.2) is 0 Å². The van der Waals surface area contributed by atoms with E-state index in [1.54, 1.807) is 4.90 Å². The summed E-state index contributed by atoms with van der Waals surface area (Å²) in [6.45, 7) is 1.16. The number of fused-ring (bicyclic) bond motifs is 4. The number of nitrogens with zero attached hydrogens (tertiary/aromatic N) is 1. The molecule has 1 amide bonds. The number of aliphatic hydroxyl groups excluding tert-OH is 1. The lowest BCUT2D eigenvalue weighted by Crippen LogP contribution is -2.44. The molecule has 0 radical (unpaired) electrons. The number of aliphatic hydroxyl groups is 1. The summed E-state index contributed by atoms with van der Waals surface area (Å²) in [6, 6.07) is 16.3. The number of benzene rings is 2. The fourth-order valence-electron chi connectivity index (χ4n) is 4.91. The fourth-order valence-corrected chi connectivity index (χ4v) is 5.69. The molecular formula is C22H22INO4. The van der Waals surface area contributed by atoms with Crippen LogP contribution in [0, 0.1) is 5.92 Å². The second-order valence-electron chi connectivity index (χ2n) is 7.73. The number of alkyl halides is 1. The third kappa shape index (κ3) is 2.84. The number of amides is 1. The number of hydrogen-bond donors (Lipinski definition) is 1. The molecule has 5 nitrogen and oxygen atoms in total. The van der Waals surface area contributed by atoms with Gasteiger partial charge in [-0.25, -0.2) is 4.79 Å². The van der Waals surface area contributed by atoms with Gasteiger partial charge in [-0.15, -0.1) is 0 Å². The van der Waals surface area contributed by atoms with Crippen LogP contribution in [0.25, 0.3) is 11.1 Å². The summed E-state index contributed by atoms with van der Waals surface area (Å²) in [5.74, 6) is 0.281. The van der Waals surface area contributed by atoms with E-state index < -0.39 is 6.10 Å². The highest BCUT2D eigenvalue weighted by Crippen LogP contribution is 2.44. The van der Waals surface area contributed by atoms with Gasteiger partial charge < -0.3 is 14.6 Å².